The van der Waals surface area contributed by atoms with Crippen LogP contribution in [0.15, 0.2) is 24.3 Å². The maximum Gasteiger partial charge on any atom is 0.271 e. The molecular formula is C15H16N2O3. The fourth-order valence-electron chi connectivity index (χ4n) is 4.60. The second kappa shape index (κ2) is 4.04. The molecule has 5 heteroatoms. The minimum Gasteiger partial charge on any atom is -0.326 e. The van der Waals surface area contributed by atoms with E-state index in [2.05, 4.69) is 5.32 Å². The average Bonchev–Trinajstić information content (AvgIpc) is 2.88. The summed E-state index contributed by atoms with van der Waals surface area (Å²) in [4.78, 5) is 22.6. The first-order valence-electron chi connectivity index (χ1n) is 7.20. The van der Waals surface area contributed by atoms with Gasteiger partial charge in [-0.3, -0.25) is 14.9 Å². The van der Waals surface area contributed by atoms with Crippen LogP contribution in [0.2, 0.25) is 0 Å². The van der Waals surface area contributed by atoms with E-state index in [1.165, 1.54) is 31.4 Å². The molecular weight excluding hydrogens is 256 g/mol. The summed E-state index contributed by atoms with van der Waals surface area (Å²) in [6, 6.07) is 6.16. The highest BCUT2D eigenvalue weighted by molar-refractivity contribution is 5.95. The van der Waals surface area contributed by atoms with E-state index in [1.54, 1.807) is 12.1 Å². The van der Waals surface area contributed by atoms with Gasteiger partial charge in [-0.1, -0.05) is 6.07 Å². The summed E-state index contributed by atoms with van der Waals surface area (Å²) in [5.41, 5.74) is 0.542. The minimum atomic E-state index is -0.443. The van der Waals surface area contributed by atoms with Crippen LogP contribution in [0, 0.1) is 39.7 Å². The summed E-state index contributed by atoms with van der Waals surface area (Å²) in [7, 11) is 0. The molecule has 2 bridgehead atoms. The van der Waals surface area contributed by atoms with Crippen LogP contribution < -0.4 is 5.32 Å². The molecule has 1 N–H and O–H groups in total. The van der Waals surface area contributed by atoms with E-state index < -0.39 is 4.92 Å². The molecule has 0 spiro atoms. The highest BCUT2D eigenvalue weighted by Gasteiger charge is 2.67. The van der Waals surface area contributed by atoms with E-state index in [9.17, 15) is 14.9 Å². The number of hydrogen-bond donors (Lipinski definition) is 1. The second-order valence-corrected chi connectivity index (χ2v) is 6.31. The van der Waals surface area contributed by atoms with Crippen molar-refractivity contribution in [3.63, 3.8) is 0 Å². The number of hydrogen-bond acceptors (Lipinski definition) is 3. The summed E-state index contributed by atoms with van der Waals surface area (Å²) in [5.74, 6) is 2.90. The normalized spacial score (nSPS) is 36.5. The van der Waals surface area contributed by atoms with E-state index in [0.717, 1.165) is 11.8 Å². The number of anilines is 1. The molecule has 0 aromatic heterocycles. The molecule has 1 amide bonds. The van der Waals surface area contributed by atoms with Gasteiger partial charge in [-0.15, -0.1) is 0 Å². The van der Waals surface area contributed by atoms with E-state index in [0.29, 0.717) is 17.5 Å². The molecule has 1 aromatic carbocycles. The first-order chi connectivity index (χ1) is 9.65. The van der Waals surface area contributed by atoms with Gasteiger partial charge in [0, 0.05) is 23.7 Å². The molecule has 104 valence electrons. The maximum absolute atomic E-state index is 12.3. The Labute approximate surface area is 116 Å². The molecule has 20 heavy (non-hydrogen) atoms. The fraction of sp³-hybridized carbons (Fsp3) is 0.533. The van der Waals surface area contributed by atoms with Crippen molar-refractivity contribution in [1.82, 2.24) is 0 Å². The topological polar surface area (TPSA) is 72.2 Å². The molecule has 3 fully saturated rings. The molecule has 4 atom stereocenters. The molecule has 0 unspecified atom stereocenters. The van der Waals surface area contributed by atoms with Gasteiger partial charge in [-0.05, 0) is 49.0 Å². The minimum absolute atomic E-state index is 0.0128. The summed E-state index contributed by atoms with van der Waals surface area (Å²) in [6.45, 7) is 0. The van der Waals surface area contributed by atoms with Crippen LogP contribution in [-0.2, 0) is 4.79 Å². The number of benzene rings is 1. The van der Waals surface area contributed by atoms with Gasteiger partial charge in [-0.25, -0.2) is 0 Å². The Balaban J connectivity index is 1.46. The van der Waals surface area contributed by atoms with Crippen molar-refractivity contribution in [2.75, 3.05) is 5.32 Å². The average molecular weight is 272 g/mol. The highest BCUT2D eigenvalue weighted by atomic mass is 16.6. The van der Waals surface area contributed by atoms with Crippen LogP contribution in [0.3, 0.4) is 0 Å². The second-order valence-electron chi connectivity index (χ2n) is 6.31. The third kappa shape index (κ3) is 1.65. The largest absolute Gasteiger partial charge is 0.326 e. The van der Waals surface area contributed by atoms with Crippen molar-refractivity contribution in [1.29, 1.82) is 0 Å². The Morgan fingerprint density at radius 2 is 1.95 bits per heavy atom. The number of nitro benzene ring substituents is 1. The zero-order valence-corrected chi connectivity index (χ0v) is 11.0. The first-order valence-corrected chi connectivity index (χ1v) is 7.20. The highest BCUT2D eigenvalue weighted by Crippen LogP contribution is 2.69. The van der Waals surface area contributed by atoms with Gasteiger partial charge in [0.05, 0.1) is 4.92 Å². The van der Waals surface area contributed by atoms with Crippen LogP contribution in [0.5, 0.6) is 0 Å². The van der Waals surface area contributed by atoms with Crippen molar-refractivity contribution >= 4 is 17.3 Å². The van der Waals surface area contributed by atoms with Crippen LogP contribution >= 0.6 is 0 Å². The van der Waals surface area contributed by atoms with E-state index in [1.807, 2.05) is 0 Å². The van der Waals surface area contributed by atoms with E-state index in [4.69, 9.17) is 0 Å². The number of non-ortho nitro benzene ring substituents is 1. The van der Waals surface area contributed by atoms with Gasteiger partial charge in [0.25, 0.3) is 5.69 Å². The van der Waals surface area contributed by atoms with E-state index >= 15 is 0 Å². The first kappa shape index (κ1) is 11.9. The number of carbonyl (C=O) groups is 1. The third-order valence-electron chi connectivity index (χ3n) is 5.36. The van der Waals surface area contributed by atoms with Gasteiger partial charge in [0.1, 0.15) is 0 Å². The Hall–Kier alpha value is -1.91. The number of amides is 1. The summed E-state index contributed by atoms with van der Waals surface area (Å²) < 4.78 is 0. The predicted octanol–water partition coefficient (Wildman–Crippen LogP) is 2.83. The lowest BCUT2D eigenvalue weighted by Crippen LogP contribution is -2.18. The molecule has 5 nitrogen and oxygen atoms in total. The van der Waals surface area contributed by atoms with Gasteiger partial charge in [0.15, 0.2) is 0 Å². The Bertz CT molecular complexity index is 585. The van der Waals surface area contributed by atoms with Crippen molar-refractivity contribution in [2.45, 2.75) is 19.3 Å². The lowest BCUT2D eigenvalue weighted by atomic mass is 10.0. The molecule has 3 aliphatic carbocycles. The van der Waals surface area contributed by atoms with Gasteiger partial charge in [-0.2, -0.15) is 0 Å². The smallest absolute Gasteiger partial charge is 0.271 e. The van der Waals surface area contributed by atoms with Crippen LogP contribution in [0.25, 0.3) is 0 Å². The third-order valence-corrected chi connectivity index (χ3v) is 5.36. The number of carbonyl (C=O) groups excluding carboxylic acids is 1. The molecule has 3 saturated carbocycles. The molecule has 0 saturated heterocycles. The van der Waals surface area contributed by atoms with E-state index in [-0.39, 0.29) is 17.5 Å². The summed E-state index contributed by atoms with van der Waals surface area (Å²) in [6.07, 6.45) is 3.88. The van der Waals surface area contributed by atoms with Gasteiger partial charge in [0.2, 0.25) is 5.91 Å². The number of fused-ring (bicyclic) bond motifs is 5. The Morgan fingerprint density at radius 1 is 1.25 bits per heavy atom. The predicted molar refractivity (Wildman–Crippen MR) is 73.0 cm³/mol. The molecule has 3 aliphatic rings. The van der Waals surface area contributed by atoms with Crippen LogP contribution in [0.4, 0.5) is 11.4 Å². The fourth-order valence-corrected chi connectivity index (χ4v) is 4.60. The van der Waals surface area contributed by atoms with Gasteiger partial charge < -0.3 is 5.32 Å². The van der Waals surface area contributed by atoms with Crippen molar-refractivity contribution in [3.05, 3.63) is 34.4 Å². The molecule has 1 aromatic rings. The quantitative estimate of drug-likeness (QED) is 0.679. The standard InChI is InChI=1S/C15H16N2O3/c18-15(14-12-8-4-5-9(6-8)13(12)14)16-10-2-1-3-11(7-10)17(19)20/h1-3,7-9,12-14H,4-6H2,(H,16,18)/t8-,9-,12-,13-/m1/s1. The zero-order valence-electron chi connectivity index (χ0n) is 11.0. The lowest BCUT2D eigenvalue weighted by molar-refractivity contribution is -0.384. The van der Waals surface area contributed by atoms with Crippen molar-refractivity contribution in [2.24, 2.45) is 29.6 Å². The zero-order chi connectivity index (χ0) is 13.9. The molecule has 0 heterocycles. The number of nitro groups is 1. The van der Waals surface area contributed by atoms with Crippen LogP contribution in [-0.4, -0.2) is 10.8 Å². The maximum atomic E-state index is 12.3. The Morgan fingerprint density at radius 3 is 2.60 bits per heavy atom. The van der Waals surface area contributed by atoms with Gasteiger partial charge >= 0.3 is 0 Å². The summed E-state index contributed by atoms with van der Waals surface area (Å²) in [5, 5.41) is 13.6. The lowest BCUT2D eigenvalue weighted by Gasteiger charge is -2.09. The number of nitrogens with zero attached hydrogens (tertiary/aromatic N) is 1. The van der Waals surface area contributed by atoms with Crippen molar-refractivity contribution < 1.29 is 9.72 Å². The summed E-state index contributed by atoms with van der Waals surface area (Å²) >= 11 is 0. The number of nitrogens with one attached hydrogen (secondary N) is 1. The monoisotopic (exact) mass is 272 g/mol. The molecule has 0 aliphatic heterocycles. The van der Waals surface area contributed by atoms with Crippen LogP contribution in [0.1, 0.15) is 19.3 Å². The number of rotatable bonds is 3. The Kier molecular flexibility index (Phi) is 2.40. The SMILES string of the molecule is O=C(Nc1cccc([N+](=O)[O-])c1)C1[C@@H]2[C@@H]3CC[C@H](C3)[C@@H]12. The van der Waals surface area contributed by atoms with Crippen molar-refractivity contribution in [3.8, 4) is 0 Å². The molecule has 4 rings (SSSR count). The molecule has 0 radical (unpaired) electrons.